The lowest BCUT2D eigenvalue weighted by atomic mass is 9.90. The van der Waals surface area contributed by atoms with Gasteiger partial charge >= 0.3 is 0 Å². The lowest BCUT2D eigenvalue weighted by Gasteiger charge is -2.18. The second-order valence-electron chi connectivity index (χ2n) is 6.01. The van der Waals surface area contributed by atoms with Crippen molar-refractivity contribution in [3.8, 4) is 0 Å². The normalized spacial score (nSPS) is 19.1. The highest BCUT2D eigenvalue weighted by atomic mass is 32.2. The smallest absolute Gasteiger partial charge is 0.176 e. The van der Waals surface area contributed by atoms with Crippen LogP contribution in [0, 0.1) is 11.3 Å². The fraction of sp³-hybridized carbons (Fsp3) is 0.190. The van der Waals surface area contributed by atoms with Gasteiger partial charge in [-0.3, -0.25) is 0 Å². The predicted octanol–water partition coefficient (Wildman–Crippen LogP) is 3.79. The molecule has 1 unspecified atom stereocenters. The number of allylic oxidation sites excluding steroid dienone is 8. The van der Waals surface area contributed by atoms with E-state index >= 15 is 0 Å². The molecule has 2 rings (SSSR count). The summed E-state index contributed by atoms with van der Waals surface area (Å²) in [5.41, 5.74) is 11.4. The van der Waals surface area contributed by atoms with Crippen molar-refractivity contribution in [3.63, 3.8) is 0 Å². The lowest BCUT2D eigenvalue weighted by molar-refractivity contribution is -0.671. The monoisotopic (exact) mass is 365 g/mol. The van der Waals surface area contributed by atoms with Crippen LogP contribution in [0.25, 0.3) is 5.57 Å². The molecule has 134 valence electrons. The topological polar surface area (TPSA) is 66.1 Å². The van der Waals surface area contributed by atoms with Gasteiger partial charge in [0.05, 0.1) is 5.70 Å². The number of aromatic nitrogens is 1. The standard InChI is InChI=1S/C21H25N4S/c1-5-15(2)8-9-16(13-22)19-11-10-18(20(23)21(19)24-26-4)17-7-6-12-25(3)14-17/h5-15,22H,1,23H2,2-4H3/q+1. The highest BCUT2D eigenvalue weighted by molar-refractivity contribution is 7.97. The third-order valence-corrected chi connectivity index (χ3v) is 4.43. The molecule has 0 aromatic carbocycles. The van der Waals surface area contributed by atoms with Gasteiger partial charge in [-0.05, 0) is 23.9 Å². The van der Waals surface area contributed by atoms with Crippen LogP contribution in [0.15, 0.2) is 82.7 Å². The zero-order valence-electron chi connectivity index (χ0n) is 15.4. The number of aryl methyl sites for hydroxylation is 1. The minimum Gasteiger partial charge on any atom is -0.396 e. The van der Waals surface area contributed by atoms with Crippen LogP contribution in [0.2, 0.25) is 0 Å². The van der Waals surface area contributed by atoms with E-state index in [1.807, 2.05) is 79.7 Å². The van der Waals surface area contributed by atoms with Gasteiger partial charge in [-0.1, -0.05) is 37.3 Å². The summed E-state index contributed by atoms with van der Waals surface area (Å²) in [5, 5.41) is 7.81. The van der Waals surface area contributed by atoms with Gasteiger partial charge in [0.2, 0.25) is 0 Å². The van der Waals surface area contributed by atoms with Crippen molar-refractivity contribution < 1.29 is 4.57 Å². The zero-order chi connectivity index (χ0) is 19.1. The number of nitrogens with zero attached hydrogens (tertiary/aromatic N) is 2. The van der Waals surface area contributed by atoms with Crippen LogP contribution in [0.1, 0.15) is 12.5 Å². The van der Waals surface area contributed by atoms with Crippen molar-refractivity contribution in [3.05, 3.63) is 83.9 Å². The molecular weight excluding hydrogens is 340 g/mol. The summed E-state index contributed by atoms with van der Waals surface area (Å²) < 4.78 is 6.53. The molecule has 1 aromatic heterocycles. The first-order valence-corrected chi connectivity index (χ1v) is 9.50. The molecule has 1 aliphatic carbocycles. The van der Waals surface area contributed by atoms with Crippen LogP contribution >= 0.6 is 11.9 Å². The van der Waals surface area contributed by atoms with Gasteiger partial charge in [0.15, 0.2) is 12.4 Å². The van der Waals surface area contributed by atoms with E-state index in [0.717, 1.165) is 22.3 Å². The molecule has 3 N–H and O–H groups in total. The second kappa shape index (κ2) is 9.15. The Hall–Kier alpha value is -2.66. The molecule has 0 saturated heterocycles. The summed E-state index contributed by atoms with van der Waals surface area (Å²) in [6, 6.07) is 4.02. The summed E-state index contributed by atoms with van der Waals surface area (Å²) >= 11 is 1.36. The Kier molecular flexibility index (Phi) is 6.92. The van der Waals surface area contributed by atoms with Gasteiger partial charge in [0.1, 0.15) is 12.8 Å². The fourth-order valence-electron chi connectivity index (χ4n) is 2.58. The maximum absolute atomic E-state index is 7.81. The number of hydrogen-bond donors (Lipinski definition) is 2. The minimum absolute atomic E-state index is 0.229. The Bertz CT molecular complexity index is 857. The maximum atomic E-state index is 7.81. The van der Waals surface area contributed by atoms with Crippen molar-refractivity contribution in [2.75, 3.05) is 6.26 Å². The third-order valence-electron chi connectivity index (χ3n) is 4.07. The van der Waals surface area contributed by atoms with Crippen LogP contribution in [-0.4, -0.2) is 18.2 Å². The molecule has 1 aromatic rings. The van der Waals surface area contributed by atoms with E-state index in [2.05, 4.69) is 11.0 Å². The molecule has 0 radical (unpaired) electrons. The highest BCUT2D eigenvalue weighted by Gasteiger charge is 2.21. The molecule has 0 spiro atoms. The van der Waals surface area contributed by atoms with Crippen LogP contribution in [0.4, 0.5) is 0 Å². The maximum Gasteiger partial charge on any atom is 0.176 e. The SMILES string of the molecule is C=CC(C)C=CC(C=N)=C1C=CC(c2ccc[n+](C)c2)=C(N)C1=NSC. The highest BCUT2D eigenvalue weighted by Crippen LogP contribution is 2.28. The number of nitrogens with two attached hydrogens (primary N) is 1. The van der Waals surface area contributed by atoms with Crippen LogP contribution in [-0.2, 0) is 7.05 Å². The van der Waals surface area contributed by atoms with Gasteiger partial charge in [-0.25, -0.2) is 8.96 Å². The Labute approximate surface area is 159 Å². The molecule has 1 atom stereocenters. The molecule has 5 heteroatoms. The van der Waals surface area contributed by atoms with Crippen LogP contribution in [0.5, 0.6) is 0 Å². The molecule has 1 heterocycles. The van der Waals surface area contributed by atoms with E-state index in [1.54, 1.807) is 0 Å². The van der Waals surface area contributed by atoms with E-state index in [1.165, 1.54) is 18.2 Å². The molecule has 0 amide bonds. The molecule has 4 nitrogen and oxygen atoms in total. The summed E-state index contributed by atoms with van der Waals surface area (Å²) in [5.74, 6) is 0.229. The molecule has 0 aliphatic heterocycles. The van der Waals surface area contributed by atoms with E-state index in [-0.39, 0.29) is 5.92 Å². The van der Waals surface area contributed by atoms with E-state index in [9.17, 15) is 0 Å². The average molecular weight is 366 g/mol. The van der Waals surface area contributed by atoms with E-state index in [0.29, 0.717) is 11.4 Å². The average Bonchev–Trinajstić information content (AvgIpc) is 2.64. The largest absolute Gasteiger partial charge is 0.396 e. The molecule has 0 bridgehead atoms. The summed E-state index contributed by atoms with van der Waals surface area (Å²) in [6.45, 7) is 5.84. The Balaban J connectivity index is 2.57. The third kappa shape index (κ3) is 4.49. The van der Waals surface area contributed by atoms with Crippen LogP contribution in [0.3, 0.4) is 0 Å². The van der Waals surface area contributed by atoms with Gasteiger partial charge in [-0.2, -0.15) is 0 Å². The fourth-order valence-corrected chi connectivity index (χ4v) is 2.96. The van der Waals surface area contributed by atoms with Gasteiger partial charge in [0, 0.05) is 40.8 Å². The summed E-state index contributed by atoms with van der Waals surface area (Å²) in [6.07, 6.45) is 17.0. The van der Waals surface area contributed by atoms with Gasteiger partial charge < -0.3 is 11.1 Å². The number of rotatable bonds is 6. The number of nitrogens with one attached hydrogen (secondary N) is 1. The molecule has 0 saturated carbocycles. The summed E-state index contributed by atoms with van der Waals surface area (Å²) in [7, 11) is 1.98. The first-order chi connectivity index (χ1) is 12.5. The Morgan fingerprint density at radius 2 is 2.19 bits per heavy atom. The Morgan fingerprint density at radius 3 is 2.81 bits per heavy atom. The molecule has 26 heavy (non-hydrogen) atoms. The lowest BCUT2D eigenvalue weighted by Crippen LogP contribution is -2.27. The van der Waals surface area contributed by atoms with Gasteiger partial charge in [0.25, 0.3) is 0 Å². The Morgan fingerprint density at radius 1 is 1.42 bits per heavy atom. The zero-order valence-corrected chi connectivity index (χ0v) is 16.3. The van der Waals surface area contributed by atoms with Crippen LogP contribution < -0.4 is 10.3 Å². The van der Waals surface area contributed by atoms with Gasteiger partial charge in [-0.15, -0.1) is 6.58 Å². The number of hydrogen-bond acceptors (Lipinski definition) is 4. The summed E-state index contributed by atoms with van der Waals surface area (Å²) in [4.78, 5) is 0. The second-order valence-corrected chi connectivity index (χ2v) is 6.56. The first kappa shape index (κ1) is 19.7. The number of pyridine rings is 1. The van der Waals surface area contributed by atoms with Crippen molar-refractivity contribution >= 4 is 29.4 Å². The van der Waals surface area contributed by atoms with E-state index < -0.39 is 0 Å². The first-order valence-electron chi connectivity index (χ1n) is 8.32. The quantitative estimate of drug-likeness (QED) is 0.349. The minimum atomic E-state index is 0.229. The molecule has 1 aliphatic rings. The van der Waals surface area contributed by atoms with Crippen molar-refractivity contribution in [1.82, 2.24) is 0 Å². The predicted molar refractivity (Wildman–Crippen MR) is 113 cm³/mol. The van der Waals surface area contributed by atoms with Crippen molar-refractivity contribution in [1.29, 1.82) is 5.41 Å². The van der Waals surface area contributed by atoms with Crippen molar-refractivity contribution in [2.24, 2.45) is 23.1 Å². The van der Waals surface area contributed by atoms with Crippen molar-refractivity contribution in [2.45, 2.75) is 6.92 Å². The van der Waals surface area contributed by atoms with E-state index in [4.69, 9.17) is 11.1 Å². The molecule has 0 fully saturated rings. The molecular formula is C21H25N4S+.